The van der Waals surface area contributed by atoms with E-state index < -0.39 is 0 Å². The van der Waals surface area contributed by atoms with Crippen LogP contribution in [0.4, 0.5) is 5.69 Å². The first-order valence-electron chi connectivity index (χ1n) is 7.55. The number of ether oxygens (including phenoxy) is 1. The number of nitrogen functional groups attached to an aromatic ring is 1. The Morgan fingerprint density at radius 2 is 1.95 bits per heavy atom. The summed E-state index contributed by atoms with van der Waals surface area (Å²) in [6, 6.07) is 15.4. The topological polar surface area (TPSA) is 64.3 Å². The Hall–Kier alpha value is -2.49. The van der Waals surface area contributed by atoms with Gasteiger partial charge in [-0.25, -0.2) is 0 Å². The van der Waals surface area contributed by atoms with Gasteiger partial charge in [0.15, 0.2) is 0 Å². The zero-order valence-electron chi connectivity index (χ0n) is 12.8. The lowest BCUT2D eigenvalue weighted by atomic mass is 10.1. The van der Waals surface area contributed by atoms with Crippen molar-refractivity contribution in [2.75, 3.05) is 18.9 Å². The highest BCUT2D eigenvalue weighted by atomic mass is 16.5. The van der Waals surface area contributed by atoms with Crippen LogP contribution in [0, 0.1) is 0 Å². The molecule has 2 rings (SSSR count). The molecule has 0 spiro atoms. The molecule has 0 saturated heterocycles. The molecule has 22 heavy (non-hydrogen) atoms. The van der Waals surface area contributed by atoms with Crippen LogP contribution in [-0.4, -0.2) is 19.1 Å². The molecule has 0 atom stereocenters. The molecule has 1 amide bonds. The summed E-state index contributed by atoms with van der Waals surface area (Å²) in [5.74, 6) is 0.505. The maximum absolute atomic E-state index is 11.7. The minimum Gasteiger partial charge on any atom is -0.491 e. The van der Waals surface area contributed by atoms with Crippen molar-refractivity contribution in [3.8, 4) is 5.75 Å². The zero-order valence-corrected chi connectivity index (χ0v) is 12.8. The van der Waals surface area contributed by atoms with E-state index in [1.807, 2.05) is 25.1 Å². The van der Waals surface area contributed by atoms with Gasteiger partial charge in [0.2, 0.25) is 0 Å². The van der Waals surface area contributed by atoms with Crippen LogP contribution in [0.25, 0.3) is 0 Å². The lowest BCUT2D eigenvalue weighted by molar-refractivity contribution is 0.0956. The summed E-state index contributed by atoms with van der Waals surface area (Å²) in [7, 11) is 0. The number of hydrogen-bond acceptors (Lipinski definition) is 3. The van der Waals surface area contributed by atoms with E-state index >= 15 is 0 Å². The molecule has 2 aromatic carbocycles. The summed E-state index contributed by atoms with van der Waals surface area (Å²) in [6.07, 6.45) is 1.89. The average Bonchev–Trinajstić information content (AvgIpc) is 2.54. The molecule has 0 aliphatic rings. The lowest BCUT2D eigenvalue weighted by Crippen LogP contribution is -2.22. The van der Waals surface area contributed by atoms with Gasteiger partial charge in [0, 0.05) is 12.1 Å². The first kappa shape index (κ1) is 15.9. The molecule has 116 valence electrons. The summed E-state index contributed by atoms with van der Waals surface area (Å²) in [6.45, 7) is 3.07. The second-order valence-electron chi connectivity index (χ2n) is 5.05. The molecule has 0 unspecified atom stereocenters. The molecular formula is C18H22N2O2. The number of nitrogens with two attached hydrogens (primary N) is 1. The van der Waals surface area contributed by atoms with Crippen LogP contribution < -0.4 is 15.8 Å². The number of anilines is 1. The van der Waals surface area contributed by atoms with E-state index in [0.717, 1.165) is 12.8 Å². The van der Waals surface area contributed by atoms with Gasteiger partial charge in [-0.1, -0.05) is 30.3 Å². The second-order valence-corrected chi connectivity index (χ2v) is 5.05. The Morgan fingerprint density at radius 3 is 2.64 bits per heavy atom. The van der Waals surface area contributed by atoms with Crippen LogP contribution in [0.3, 0.4) is 0 Å². The summed E-state index contributed by atoms with van der Waals surface area (Å²) in [5, 5.41) is 2.74. The van der Waals surface area contributed by atoms with Crippen molar-refractivity contribution in [2.24, 2.45) is 0 Å². The molecular weight excluding hydrogens is 276 g/mol. The van der Waals surface area contributed by atoms with Gasteiger partial charge in [0.05, 0.1) is 12.3 Å². The number of amides is 1. The van der Waals surface area contributed by atoms with Crippen molar-refractivity contribution >= 4 is 11.6 Å². The third-order valence-electron chi connectivity index (χ3n) is 3.32. The fourth-order valence-electron chi connectivity index (χ4n) is 2.19. The summed E-state index contributed by atoms with van der Waals surface area (Å²) in [4.78, 5) is 11.7. The number of carbonyl (C=O) groups is 1. The van der Waals surface area contributed by atoms with Crippen LogP contribution in [0.1, 0.15) is 29.3 Å². The molecule has 0 aromatic heterocycles. The highest BCUT2D eigenvalue weighted by molar-refractivity contribution is 5.95. The molecule has 0 saturated carbocycles. The van der Waals surface area contributed by atoms with Gasteiger partial charge in [-0.05, 0) is 43.5 Å². The van der Waals surface area contributed by atoms with Gasteiger partial charge in [0.25, 0.3) is 5.91 Å². The number of nitrogens with one attached hydrogen (secondary N) is 1. The maximum atomic E-state index is 11.7. The molecule has 3 N–H and O–H groups in total. The van der Waals surface area contributed by atoms with Crippen LogP contribution >= 0.6 is 0 Å². The Morgan fingerprint density at radius 1 is 1.18 bits per heavy atom. The molecule has 0 heterocycles. The lowest BCUT2D eigenvalue weighted by Gasteiger charge is -2.10. The summed E-state index contributed by atoms with van der Waals surface area (Å²) >= 11 is 0. The Balaban J connectivity index is 1.84. The van der Waals surface area contributed by atoms with Gasteiger partial charge in [-0.2, -0.15) is 0 Å². The van der Waals surface area contributed by atoms with E-state index in [0.29, 0.717) is 30.2 Å². The van der Waals surface area contributed by atoms with Gasteiger partial charge < -0.3 is 15.8 Å². The van der Waals surface area contributed by atoms with Crippen molar-refractivity contribution in [2.45, 2.75) is 19.8 Å². The van der Waals surface area contributed by atoms with Crippen LogP contribution in [0.5, 0.6) is 5.75 Å². The summed E-state index contributed by atoms with van der Waals surface area (Å²) in [5.41, 5.74) is 8.28. The highest BCUT2D eigenvalue weighted by Crippen LogP contribution is 2.22. The smallest absolute Gasteiger partial charge is 0.251 e. The van der Waals surface area contributed by atoms with E-state index in [1.54, 1.807) is 18.2 Å². The fourth-order valence-corrected chi connectivity index (χ4v) is 2.19. The molecule has 0 aliphatic heterocycles. The SMILES string of the molecule is CCNC(=O)c1ccc(OCCCc2ccccc2)c(N)c1. The molecule has 0 aliphatic carbocycles. The van der Waals surface area contributed by atoms with Crippen molar-refractivity contribution in [3.63, 3.8) is 0 Å². The highest BCUT2D eigenvalue weighted by Gasteiger charge is 2.07. The third kappa shape index (κ3) is 4.52. The minimum absolute atomic E-state index is 0.121. The van der Waals surface area contributed by atoms with E-state index in [-0.39, 0.29) is 5.91 Å². The van der Waals surface area contributed by atoms with Crippen LogP contribution in [0.2, 0.25) is 0 Å². The predicted molar refractivity (Wildman–Crippen MR) is 89.1 cm³/mol. The summed E-state index contributed by atoms with van der Waals surface area (Å²) < 4.78 is 5.70. The molecule has 0 fully saturated rings. The fraction of sp³-hybridized carbons (Fsp3) is 0.278. The average molecular weight is 298 g/mol. The standard InChI is InChI=1S/C18H22N2O2/c1-2-20-18(21)15-10-11-17(16(19)13-15)22-12-6-9-14-7-4-3-5-8-14/h3-5,7-8,10-11,13H,2,6,9,12,19H2,1H3,(H,20,21). The predicted octanol–water partition coefficient (Wildman–Crippen LogP) is 3.03. The Kier molecular flexibility index (Phi) is 5.83. The number of hydrogen-bond donors (Lipinski definition) is 2. The molecule has 0 radical (unpaired) electrons. The largest absolute Gasteiger partial charge is 0.491 e. The van der Waals surface area contributed by atoms with Gasteiger partial charge in [-0.3, -0.25) is 4.79 Å². The number of aryl methyl sites for hydroxylation is 1. The number of carbonyl (C=O) groups excluding carboxylic acids is 1. The second kappa shape index (κ2) is 8.08. The van der Waals surface area contributed by atoms with Crippen molar-refractivity contribution in [1.29, 1.82) is 0 Å². The van der Waals surface area contributed by atoms with Crippen LogP contribution in [-0.2, 0) is 6.42 Å². The van der Waals surface area contributed by atoms with Gasteiger partial charge in [0.1, 0.15) is 5.75 Å². The van der Waals surface area contributed by atoms with E-state index in [1.165, 1.54) is 5.56 Å². The van der Waals surface area contributed by atoms with Gasteiger partial charge >= 0.3 is 0 Å². The monoisotopic (exact) mass is 298 g/mol. The maximum Gasteiger partial charge on any atom is 0.251 e. The normalized spacial score (nSPS) is 10.2. The van der Waals surface area contributed by atoms with Crippen molar-refractivity contribution in [1.82, 2.24) is 5.32 Å². The first-order valence-corrected chi connectivity index (χ1v) is 7.55. The minimum atomic E-state index is -0.121. The number of rotatable bonds is 7. The molecule has 4 heteroatoms. The zero-order chi connectivity index (χ0) is 15.8. The van der Waals surface area contributed by atoms with E-state index in [9.17, 15) is 4.79 Å². The molecule has 4 nitrogen and oxygen atoms in total. The molecule has 2 aromatic rings. The number of benzene rings is 2. The van der Waals surface area contributed by atoms with Crippen molar-refractivity contribution in [3.05, 3.63) is 59.7 Å². The van der Waals surface area contributed by atoms with E-state index in [4.69, 9.17) is 10.5 Å². The third-order valence-corrected chi connectivity index (χ3v) is 3.32. The van der Waals surface area contributed by atoms with E-state index in [2.05, 4.69) is 17.4 Å². The Bertz CT molecular complexity index is 612. The first-order chi connectivity index (χ1) is 10.7. The van der Waals surface area contributed by atoms with Crippen LogP contribution in [0.15, 0.2) is 48.5 Å². The quantitative estimate of drug-likeness (QED) is 0.610. The Labute approximate surface area is 131 Å². The van der Waals surface area contributed by atoms with Crippen molar-refractivity contribution < 1.29 is 9.53 Å². The van der Waals surface area contributed by atoms with Gasteiger partial charge in [-0.15, -0.1) is 0 Å². The molecule has 0 bridgehead atoms.